The molecule has 2 aromatic rings. The monoisotopic (exact) mass is 322 g/mol. The number of halogens is 3. The van der Waals surface area contributed by atoms with E-state index in [1.165, 1.54) is 12.1 Å². The summed E-state index contributed by atoms with van der Waals surface area (Å²) in [7, 11) is 0. The minimum absolute atomic E-state index is 0.00280. The van der Waals surface area contributed by atoms with Crippen LogP contribution in [0.1, 0.15) is 16.7 Å². The van der Waals surface area contributed by atoms with Crippen LogP contribution in [0, 0.1) is 6.92 Å². The van der Waals surface area contributed by atoms with Gasteiger partial charge < -0.3 is 10.6 Å². The molecule has 0 spiro atoms. The summed E-state index contributed by atoms with van der Waals surface area (Å²) in [5, 5.41) is 5.54. The molecule has 6 heteroatoms. The lowest BCUT2D eigenvalue weighted by Crippen LogP contribution is -2.29. The van der Waals surface area contributed by atoms with Gasteiger partial charge in [-0.05, 0) is 36.8 Å². The zero-order valence-corrected chi connectivity index (χ0v) is 12.6. The van der Waals surface area contributed by atoms with E-state index in [2.05, 4.69) is 10.6 Å². The molecule has 0 fully saturated rings. The lowest BCUT2D eigenvalue weighted by Gasteiger charge is -2.10. The molecule has 0 aliphatic carbocycles. The van der Waals surface area contributed by atoms with Gasteiger partial charge in [-0.1, -0.05) is 29.8 Å². The van der Waals surface area contributed by atoms with Crippen molar-refractivity contribution in [3.63, 3.8) is 0 Å². The van der Waals surface area contributed by atoms with Gasteiger partial charge in [-0.15, -0.1) is 0 Å². The zero-order chi connectivity index (χ0) is 16.9. The molecular formula is C17H17F3N2O. The highest BCUT2D eigenvalue weighted by Gasteiger charge is 2.29. The average Bonchev–Trinajstić information content (AvgIpc) is 2.50. The molecular weight excluding hydrogens is 305 g/mol. The van der Waals surface area contributed by atoms with E-state index in [1.807, 2.05) is 31.2 Å². The molecule has 0 atom stereocenters. The predicted molar refractivity (Wildman–Crippen MR) is 83.0 cm³/mol. The number of rotatable bonds is 5. The quantitative estimate of drug-likeness (QED) is 0.880. The van der Waals surface area contributed by atoms with Crippen LogP contribution in [-0.4, -0.2) is 12.5 Å². The van der Waals surface area contributed by atoms with Crippen LogP contribution in [-0.2, 0) is 17.5 Å². The number of carbonyl (C=O) groups excluding carboxylic acids is 1. The number of anilines is 1. The number of carbonyl (C=O) groups is 1. The molecule has 0 radical (unpaired) electrons. The number of amides is 1. The van der Waals surface area contributed by atoms with Crippen molar-refractivity contribution in [2.24, 2.45) is 0 Å². The fourth-order valence-electron chi connectivity index (χ4n) is 2.04. The number of alkyl halides is 3. The Labute approximate surface area is 132 Å². The third-order valence-corrected chi connectivity index (χ3v) is 3.24. The molecule has 2 aromatic carbocycles. The summed E-state index contributed by atoms with van der Waals surface area (Å²) in [6.45, 7) is 2.38. The summed E-state index contributed by atoms with van der Waals surface area (Å²) in [5.41, 5.74) is 1.85. The minimum Gasteiger partial charge on any atom is -0.376 e. The Hall–Kier alpha value is -2.50. The summed E-state index contributed by atoms with van der Waals surface area (Å²) >= 11 is 0. The first kappa shape index (κ1) is 16.9. The molecule has 0 saturated heterocycles. The molecule has 0 saturated carbocycles. The van der Waals surface area contributed by atoms with Crippen LogP contribution in [0.5, 0.6) is 0 Å². The highest BCUT2D eigenvalue weighted by atomic mass is 19.4. The maximum absolute atomic E-state index is 12.4. The van der Waals surface area contributed by atoms with Gasteiger partial charge in [0.05, 0.1) is 12.1 Å². The van der Waals surface area contributed by atoms with E-state index in [1.54, 1.807) is 0 Å². The normalized spacial score (nSPS) is 11.1. The Morgan fingerprint density at radius 1 is 1.09 bits per heavy atom. The maximum Gasteiger partial charge on any atom is 0.416 e. The van der Waals surface area contributed by atoms with E-state index in [0.29, 0.717) is 12.2 Å². The second kappa shape index (κ2) is 7.17. The van der Waals surface area contributed by atoms with Crippen molar-refractivity contribution in [1.82, 2.24) is 5.32 Å². The van der Waals surface area contributed by atoms with Gasteiger partial charge in [0.2, 0.25) is 5.91 Å². The van der Waals surface area contributed by atoms with Gasteiger partial charge in [-0.3, -0.25) is 4.79 Å². The molecule has 23 heavy (non-hydrogen) atoms. The van der Waals surface area contributed by atoms with Crippen molar-refractivity contribution in [2.45, 2.75) is 19.6 Å². The van der Waals surface area contributed by atoms with Crippen molar-refractivity contribution < 1.29 is 18.0 Å². The number of hydrogen-bond acceptors (Lipinski definition) is 2. The molecule has 0 heterocycles. The summed E-state index contributed by atoms with van der Waals surface area (Å²) < 4.78 is 37.3. The second-order valence-corrected chi connectivity index (χ2v) is 5.19. The third-order valence-electron chi connectivity index (χ3n) is 3.24. The van der Waals surface area contributed by atoms with Gasteiger partial charge in [-0.2, -0.15) is 13.2 Å². The Morgan fingerprint density at radius 3 is 2.39 bits per heavy atom. The number of benzene rings is 2. The van der Waals surface area contributed by atoms with Crippen LogP contribution in [0.25, 0.3) is 0 Å². The van der Waals surface area contributed by atoms with Gasteiger partial charge in [0.15, 0.2) is 0 Å². The molecule has 2 N–H and O–H groups in total. The van der Waals surface area contributed by atoms with E-state index < -0.39 is 11.7 Å². The molecule has 0 unspecified atom stereocenters. The molecule has 122 valence electrons. The second-order valence-electron chi connectivity index (χ2n) is 5.19. The van der Waals surface area contributed by atoms with Crippen molar-refractivity contribution in [1.29, 1.82) is 0 Å². The van der Waals surface area contributed by atoms with Crippen LogP contribution >= 0.6 is 0 Å². The molecule has 2 rings (SSSR count). The van der Waals surface area contributed by atoms with Gasteiger partial charge >= 0.3 is 6.18 Å². The lowest BCUT2D eigenvalue weighted by atomic mass is 10.1. The number of aryl methyl sites for hydroxylation is 1. The van der Waals surface area contributed by atoms with Crippen LogP contribution < -0.4 is 10.6 Å². The lowest BCUT2D eigenvalue weighted by molar-refractivity contribution is -0.137. The highest BCUT2D eigenvalue weighted by molar-refractivity contribution is 5.80. The first-order valence-corrected chi connectivity index (χ1v) is 7.08. The Bertz CT molecular complexity index is 666. The summed E-state index contributed by atoms with van der Waals surface area (Å²) in [5.74, 6) is -0.230. The Kier molecular flexibility index (Phi) is 5.26. The number of hydrogen-bond donors (Lipinski definition) is 2. The molecule has 0 bridgehead atoms. The zero-order valence-electron chi connectivity index (χ0n) is 12.6. The smallest absolute Gasteiger partial charge is 0.376 e. The van der Waals surface area contributed by atoms with Crippen LogP contribution in [0.3, 0.4) is 0 Å². The average molecular weight is 322 g/mol. The van der Waals surface area contributed by atoms with Gasteiger partial charge in [0.25, 0.3) is 0 Å². The SMILES string of the molecule is Cc1cccc(CNC(=O)CNc2ccc(C(F)(F)F)cc2)c1. The van der Waals surface area contributed by atoms with E-state index in [-0.39, 0.29) is 12.5 Å². The van der Waals surface area contributed by atoms with E-state index in [9.17, 15) is 18.0 Å². The van der Waals surface area contributed by atoms with Crippen LogP contribution in [0.2, 0.25) is 0 Å². The highest BCUT2D eigenvalue weighted by Crippen LogP contribution is 2.29. The van der Waals surface area contributed by atoms with E-state index in [0.717, 1.165) is 23.3 Å². The van der Waals surface area contributed by atoms with E-state index >= 15 is 0 Å². The van der Waals surface area contributed by atoms with Gasteiger partial charge in [0, 0.05) is 12.2 Å². The van der Waals surface area contributed by atoms with E-state index in [4.69, 9.17) is 0 Å². The Balaban J connectivity index is 1.80. The maximum atomic E-state index is 12.4. The fraction of sp³-hybridized carbons (Fsp3) is 0.235. The predicted octanol–water partition coefficient (Wildman–Crippen LogP) is 3.74. The minimum atomic E-state index is -4.36. The first-order valence-electron chi connectivity index (χ1n) is 7.08. The fourth-order valence-corrected chi connectivity index (χ4v) is 2.04. The topological polar surface area (TPSA) is 41.1 Å². The summed E-state index contributed by atoms with van der Waals surface area (Å²) in [6, 6.07) is 12.3. The summed E-state index contributed by atoms with van der Waals surface area (Å²) in [6.07, 6.45) is -4.36. The van der Waals surface area contributed by atoms with Crippen molar-refractivity contribution >= 4 is 11.6 Å². The van der Waals surface area contributed by atoms with Crippen molar-refractivity contribution in [3.8, 4) is 0 Å². The largest absolute Gasteiger partial charge is 0.416 e. The van der Waals surface area contributed by atoms with Gasteiger partial charge in [0.1, 0.15) is 0 Å². The first-order chi connectivity index (χ1) is 10.8. The molecule has 1 amide bonds. The van der Waals surface area contributed by atoms with Crippen LogP contribution in [0.4, 0.5) is 18.9 Å². The van der Waals surface area contributed by atoms with Crippen LogP contribution in [0.15, 0.2) is 48.5 Å². The van der Waals surface area contributed by atoms with Gasteiger partial charge in [-0.25, -0.2) is 0 Å². The standard InChI is InChI=1S/C17H17F3N2O/c1-12-3-2-4-13(9-12)10-22-16(23)11-21-15-7-5-14(6-8-15)17(18,19)20/h2-9,21H,10-11H2,1H3,(H,22,23). The third kappa shape index (κ3) is 5.32. The molecule has 0 aliphatic heterocycles. The molecule has 0 aliphatic rings. The summed E-state index contributed by atoms with van der Waals surface area (Å²) in [4.78, 5) is 11.7. The molecule has 0 aromatic heterocycles. The number of nitrogens with one attached hydrogen (secondary N) is 2. The Morgan fingerprint density at radius 2 is 1.78 bits per heavy atom. The van der Waals surface area contributed by atoms with Crippen molar-refractivity contribution in [2.75, 3.05) is 11.9 Å². The van der Waals surface area contributed by atoms with Crippen molar-refractivity contribution in [3.05, 3.63) is 65.2 Å². The molecule has 3 nitrogen and oxygen atoms in total.